The molecule has 2 aromatic rings. The monoisotopic (exact) mass is 306 g/mol. The van der Waals surface area contributed by atoms with Gasteiger partial charge in [0.15, 0.2) is 0 Å². The fraction of sp³-hybridized carbons (Fsp3) is 0.188. The van der Waals surface area contributed by atoms with Crippen LogP contribution in [0.1, 0.15) is 18.1 Å². The largest absolute Gasteiger partial charge is 0.381 e. The van der Waals surface area contributed by atoms with E-state index in [1.807, 2.05) is 25.1 Å². The average Bonchev–Trinajstić information content (AvgIpc) is 2.41. The van der Waals surface area contributed by atoms with E-state index in [4.69, 9.17) is 11.6 Å². The van der Waals surface area contributed by atoms with Crippen molar-refractivity contribution in [1.29, 1.82) is 0 Å². The van der Waals surface area contributed by atoms with E-state index >= 15 is 0 Å². The molecule has 0 radical (unpaired) electrons. The second kappa shape index (κ2) is 6.59. The third-order valence-electron chi connectivity index (χ3n) is 3.16. The highest BCUT2D eigenvalue weighted by molar-refractivity contribution is 6.31. The third-order valence-corrected chi connectivity index (χ3v) is 3.52. The van der Waals surface area contributed by atoms with E-state index in [9.17, 15) is 9.18 Å². The highest BCUT2D eigenvalue weighted by Gasteiger charge is 2.09. The van der Waals surface area contributed by atoms with Crippen LogP contribution in [0.3, 0.4) is 0 Å². The fourth-order valence-electron chi connectivity index (χ4n) is 2.04. The Morgan fingerprint density at radius 3 is 2.52 bits per heavy atom. The number of nitrogens with one attached hydrogen (secondary N) is 2. The Morgan fingerprint density at radius 1 is 1.19 bits per heavy atom. The quantitative estimate of drug-likeness (QED) is 0.881. The maximum Gasteiger partial charge on any atom is 0.221 e. The van der Waals surface area contributed by atoms with E-state index in [-0.39, 0.29) is 18.3 Å². The van der Waals surface area contributed by atoms with Gasteiger partial charge in [-0.15, -0.1) is 0 Å². The summed E-state index contributed by atoms with van der Waals surface area (Å²) in [4.78, 5) is 11.1. The zero-order valence-corrected chi connectivity index (χ0v) is 12.6. The van der Waals surface area contributed by atoms with Crippen LogP contribution in [0.25, 0.3) is 0 Å². The molecule has 0 aliphatic rings. The molecular formula is C16H16ClFN2O. The summed E-state index contributed by atoms with van der Waals surface area (Å²) in [5.41, 5.74) is 2.86. The molecule has 5 heteroatoms. The molecule has 110 valence electrons. The first-order valence-electron chi connectivity index (χ1n) is 6.53. The predicted molar refractivity (Wildman–Crippen MR) is 84.2 cm³/mol. The third kappa shape index (κ3) is 3.73. The summed E-state index contributed by atoms with van der Waals surface area (Å²) in [6.07, 6.45) is 0. The molecule has 0 unspecified atom stereocenters. The molecule has 21 heavy (non-hydrogen) atoms. The lowest BCUT2D eigenvalue weighted by Gasteiger charge is -2.14. The molecule has 1 amide bonds. The van der Waals surface area contributed by atoms with Gasteiger partial charge in [0.1, 0.15) is 5.82 Å². The second-order valence-electron chi connectivity index (χ2n) is 4.71. The molecule has 0 aromatic heterocycles. The van der Waals surface area contributed by atoms with Gasteiger partial charge < -0.3 is 10.6 Å². The molecule has 0 aliphatic carbocycles. The lowest BCUT2D eigenvalue weighted by molar-refractivity contribution is -0.114. The molecule has 0 aliphatic heterocycles. The number of halogens is 2. The zero-order valence-electron chi connectivity index (χ0n) is 11.8. The number of anilines is 2. The molecule has 0 heterocycles. The lowest BCUT2D eigenvalue weighted by atomic mass is 10.1. The average molecular weight is 307 g/mol. The van der Waals surface area contributed by atoms with E-state index in [2.05, 4.69) is 10.6 Å². The van der Waals surface area contributed by atoms with Gasteiger partial charge in [-0.05, 0) is 36.8 Å². The maximum absolute atomic E-state index is 13.7. The molecule has 0 bridgehead atoms. The van der Waals surface area contributed by atoms with Gasteiger partial charge in [-0.3, -0.25) is 4.79 Å². The predicted octanol–water partition coefficient (Wildman–Crippen LogP) is 4.36. The van der Waals surface area contributed by atoms with Gasteiger partial charge >= 0.3 is 0 Å². The van der Waals surface area contributed by atoms with Crippen LogP contribution < -0.4 is 10.6 Å². The SMILES string of the molecule is CC(=O)Nc1cccc(NCc2c(F)cccc2Cl)c1C. The fourth-order valence-corrected chi connectivity index (χ4v) is 2.27. The topological polar surface area (TPSA) is 41.1 Å². The van der Waals surface area contributed by atoms with Gasteiger partial charge in [-0.2, -0.15) is 0 Å². The summed E-state index contributed by atoms with van der Waals surface area (Å²) in [7, 11) is 0. The van der Waals surface area contributed by atoms with Gasteiger partial charge in [0.25, 0.3) is 0 Å². The molecule has 0 fully saturated rings. The highest BCUT2D eigenvalue weighted by atomic mass is 35.5. The summed E-state index contributed by atoms with van der Waals surface area (Å²) in [5, 5.41) is 6.29. The van der Waals surface area contributed by atoms with Crippen molar-refractivity contribution in [2.75, 3.05) is 10.6 Å². The Kier molecular flexibility index (Phi) is 4.81. The smallest absolute Gasteiger partial charge is 0.221 e. The zero-order chi connectivity index (χ0) is 15.4. The van der Waals surface area contributed by atoms with Crippen molar-refractivity contribution >= 4 is 28.9 Å². The van der Waals surface area contributed by atoms with Crippen LogP contribution in [0, 0.1) is 12.7 Å². The van der Waals surface area contributed by atoms with Crippen LogP contribution >= 0.6 is 11.6 Å². The number of rotatable bonds is 4. The Hall–Kier alpha value is -2.07. The molecule has 0 spiro atoms. The molecule has 0 saturated carbocycles. The minimum absolute atomic E-state index is 0.132. The van der Waals surface area contributed by atoms with Gasteiger partial charge in [-0.25, -0.2) is 4.39 Å². The van der Waals surface area contributed by atoms with Crippen molar-refractivity contribution < 1.29 is 9.18 Å². The van der Waals surface area contributed by atoms with Gasteiger partial charge in [0.2, 0.25) is 5.91 Å². The van der Waals surface area contributed by atoms with Crippen LogP contribution in [0.4, 0.5) is 15.8 Å². The summed E-state index contributed by atoms with van der Waals surface area (Å²) >= 11 is 6.00. The molecular weight excluding hydrogens is 291 g/mol. The van der Waals surface area contributed by atoms with E-state index in [0.717, 1.165) is 16.9 Å². The van der Waals surface area contributed by atoms with Crippen LogP contribution in [-0.4, -0.2) is 5.91 Å². The van der Waals surface area contributed by atoms with E-state index in [1.54, 1.807) is 12.1 Å². The van der Waals surface area contributed by atoms with E-state index in [1.165, 1.54) is 13.0 Å². The van der Waals surface area contributed by atoms with Crippen LogP contribution in [0.15, 0.2) is 36.4 Å². The standard InChI is InChI=1S/C16H16ClFN2O/c1-10-15(7-4-8-16(10)20-11(2)21)19-9-12-13(17)5-3-6-14(12)18/h3-8,19H,9H2,1-2H3,(H,20,21). The molecule has 2 aromatic carbocycles. The first kappa shape index (κ1) is 15.3. The summed E-state index contributed by atoms with van der Waals surface area (Å²) < 4.78 is 13.7. The number of hydrogen-bond acceptors (Lipinski definition) is 2. The minimum atomic E-state index is -0.342. The Labute approximate surface area is 128 Å². The number of carbonyl (C=O) groups excluding carboxylic acids is 1. The Bertz CT molecular complexity index is 653. The van der Waals surface area contributed by atoms with Crippen molar-refractivity contribution in [1.82, 2.24) is 0 Å². The van der Waals surface area contributed by atoms with E-state index in [0.29, 0.717) is 10.6 Å². The van der Waals surface area contributed by atoms with Crippen molar-refractivity contribution in [3.05, 3.63) is 58.4 Å². The number of amides is 1. The molecule has 0 atom stereocenters. The number of hydrogen-bond donors (Lipinski definition) is 2. The van der Waals surface area contributed by atoms with Crippen LogP contribution in [0.2, 0.25) is 5.02 Å². The van der Waals surface area contributed by atoms with Crippen LogP contribution in [0.5, 0.6) is 0 Å². The molecule has 3 nitrogen and oxygen atoms in total. The normalized spacial score (nSPS) is 10.3. The molecule has 2 N–H and O–H groups in total. The van der Waals surface area contributed by atoms with E-state index < -0.39 is 0 Å². The van der Waals surface area contributed by atoms with Crippen molar-refractivity contribution in [3.63, 3.8) is 0 Å². The second-order valence-corrected chi connectivity index (χ2v) is 5.12. The Morgan fingerprint density at radius 2 is 1.86 bits per heavy atom. The molecule has 0 saturated heterocycles. The van der Waals surface area contributed by atoms with Gasteiger partial charge in [-0.1, -0.05) is 23.7 Å². The first-order chi connectivity index (χ1) is 9.99. The molecule has 2 rings (SSSR count). The number of benzene rings is 2. The highest BCUT2D eigenvalue weighted by Crippen LogP contribution is 2.25. The summed E-state index contributed by atoms with van der Waals surface area (Å²) in [5.74, 6) is -0.474. The van der Waals surface area contributed by atoms with Gasteiger partial charge in [0.05, 0.1) is 0 Å². The first-order valence-corrected chi connectivity index (χ1v) is 6.91. The maximum atomic E-state index is 13.7. The van der Waals surface area contributed by atoms with Crippen molar-refractivity contribution in [3.8, 4) is 0 Å². The number of carbonyl (C=O) groups is 1. The lowest BCUT2D eigenvalue weighted by Crippen LogP contribution is -2.09. The van der Waals surface area contributed by atoms with Crippen molar-refractivity contribution in [2.45, 2.75) is 20.4 Å². The summed E-state index contributed by atoms with van der Waals surface area (Å²) in [6, 6.07) is 10.1. The minimum Gasteiger partial charge on any atom is -0.381 e. The van der Waals surface area contributed by atoms with Crippen molar-refractivity contribution in [2.24, 2.45) is 0 Å². The van der Waals surface area contributed by atoms with Crippen LogP contribution in [-0.2, 0) is 11.3 Å². The Balaban J connectivity index is 2.19. The summed E-state index contributed by atoms with van der Waals surface area (Å²) in [6.45, 7) is 3.62. The van der Waals surface area contributed by atoms with Gasteiger partial charge in [0, 0.05) is 35.4 Å².